The largest absolute Gasteiger partial charge is 0.480 e. The van der Waals surface area contributed by atoms with E-state index in [1.54, 1.807) is 30.1 Å². The summed E-state index contributed by atoms with van der Waals surface area (Å²) < 4.78 is 13.6. The summed E-state index contributed by atoms with van der Waals surface area (Å²) in [4.78, 5) is 26.3. The van der Waals surface area contributed by atoms with Crippen molar-refractivity contribution in [1.82, 2.24) is 9.80 Å². The summed E-state index contributed by atoms with van der Waals surface area (Å²) in [7, 11) is 1.60. The molecule has 1 amide bonds. The fourth-order valence-corrected chi connectivity index (χ4v) is 2.56. The van der Waals surface area contributed by atoms with Crippen LogP contribution in [0.1, 0.15) is 18.4 Å². The molecule has 122 valence electrons. The molecular formula is C15H20ClFN2O3. The molecule has 7 heteroatoms. The zero-order valence-electron chi connectivity index (χ0n) is 12.4. The minimum atomic E-state index is -0.892. The van der Waals surface area contributed by atoms with Gasteiger partial charge in [-0.3, -0.25) is 14.5 Å². The Morgan fingerprint density at radius 3 is 2.73 bits per heavy atom. The molecule has 0 spiro atoms. The van der Waals surface area contributed by atoms with Crippen LogP contribution >= 0.6 is 12.4 Å². The third-order valence-corrected chi connectivity index (χ3v) is 3.78. The van der Waals surface area contributed by atoms with Gasteiger partial charge in [0.25, 0.3) is 0 Å². The number of carboxylic acid groups (broad SMARTS) is 1. The summed E-state index contributed by atoms with van der Waals surface area (Å²) in [5.74, 6) is -1.44. The van der Waals surface area contributed by atoms with Crippen LogP contribution in [-0.2, 0) is 16.1 Å². The molecule has 1 fully saturated rings. The number of aliphatic carboxylic acids is 1. The number of carbonyl (C=O) groups is 2. The molecule has 1 aromatic carbocycles. The number of likely N-dealkylation sites (N-methyl/N-ethyl adjacent to an activating group) is 1. The van der Waals surface area contributed by atoms with Crippen molar-refractivity contribution in [2.45, 2.75) is 25.4 Å². The van der Waals surface area contributed by atoms with Gasteiger partial charge in [-0.2, -0.15) is 0 Å². The molecule has 5 nitrogen and oxygen atoms in total. The van der Waals surface area contributed by atoms with E-state index in [4.69, 9.17) is 5.11 Å². The second-order valence-corrected chi connectivity index (χ2v) is 5.31. The van der Waals surface area contributed by atoms with Crippen LogP contribution in [-0.4, -0.2) is 53.0 Å². The fourth-order valence-electron chi connectivity index (χ4n) is 2.56. The summed E-state index contributed by atoms with van der Waals surface area (Å²) in [6.45, 7) is 0.843. The predicted octanol–water partition coefficient (Wildman–Crippen LogP) is 1.75. The van der Waals surface area contributed by atoms with Crippen molar-refractivity contribution in [2.75, 3.05) is 20.1 Å². The molecule has 0 aromatic heterocycles. The number of halogens is 2. The van der Waals surface area contributed by atoms with E-state index >= 15 is 0 Å². The Morgan fingerprint density at radius 1 is 1.41 bits per heavy atom. The topological polar surface area (TPSA) is 60.9 Å². The number of benzene rings is 1. The van der Waals surface area contributed by atoms with Crippen LogP contribution in [0.15, 0.2) is 24.3 Å². The van der Waals surface area contributed by atoms with Crippen LogP contribution in [0.5, 0.6) is 0 Å². The van der Waals surface area contributed by atoms with Crippen molar-refractivity contribution in [3.05, 3.63) is 35.6 Å². The molecule has 0 bridgehead atoms. The Hall–Kier alpha value is -1.66. The van der Waals surface area contributed by atoms with Crippen molar-refractivity contribution in [1.29, 1.82) is 0 Å². The van der Waals surface area contributed by atoms with Crippen LogP contribution in [0.4, 0.5) is 4.39 Å². The number of hydrogen-bond acceptors (Lipinski definition) is 3. The molecule has 0 radical (unpaired) electrons. The molecule has 1 aromatic rings. The van der Waals surface area contributed by atoms with Gasteiger partial charge >= 0.3 is 5.97 Å². The van der Waals surface area contributed by atoms with E-state index in [2.05, 4.69) is 0 Å². The number of likely N-dealkylation sites (tertiary alicyclic amines) is 1. The quantitative estimate of drug-likeness (QED) is 0.893. The van der Waals surface area contributed by atoms with E-state index < -0.39 is 12.0 Å². The molecule has 1 saturated heterocycles. The highest BCUT2D eigenvalue weighted by Crippen LogP contribution is 2.17. The van der Waals surface area contributed by atoms with Crippen LogP contribution in [0, 0.1) is 5.82 Å². The van der Waals surface area contributed by atoms with Gasteiger partial charge in [0.2, 0.25) is 5.91 Å². The lowest BCUT2D eigenvalue weighted by Crippen LogP contribution is -2.43. The lowest BCUT2D eigenvalue weighted by molar-refractivity contribution is -0.143. The maximum absolute atomic E-state index is 13.6. The average Bonchev–Trinajstić information content (AvgIpc) is 2.89. The van der Waals surface area contributed by atoms with Gasteiger partial charge < -0.3 is 10.0 Å². The zero-order valence-corrected chi connectivity index (χ0v) is 13.2. The smallest absolute Gasteiger partial charge is 0.320 e. The second-order valence-electron chi connectivity index (χ2n) is 5.31. The van der Waals surface area contributed by atoms with E-state index in [0.717, 1.165) is 6.42 Å². The molecule has 0 saturated carbocycles. The monoisotopic (exact) mass is 330 g/mol. The minimum absolute atomic E-state index is 0. The van der Waals surface area contributed by atoms with Gasteiger partial charge in [0.15, 0.2) is 0 Å². The molecule has 1 aliphatic rings. The van der Waals surface area contributed by atoms with E-state index in [9.17, 15) is 14.0 Å². The van der Waals surface area contributed by atoms with Crippen LogP contribution in [0.3, 0.4) is 0 Å². The molecule has 0 aliphatic carbocycles. The Kier molecular flexibility index (Phi) is 6.77. The minimum Gasteiger partial charge on any atom is -0.480 e. The highest BCUT2D eigenvalue weighted by Gasteiger charge is 2.32. The molecule has 1 N–H and O–H groups in total. The SMILES string of the molecule is CN(Cc1ccccc1F)C(=O)CN1CCCC1C(=O)O.Cl. The van der Waals surface area contributed by atoms with Gasteiger partial charge in [-0.15, -0.1) is 12.4 Å². The predicted molar refractivity (Wildman–Crippen MR) is 82.4 cm³/mol. The van der Waals surface area contributed by atoms with Gasteiger partial charge in [0.1, 0.15) is 11.9 Å². The lowest BCUT2D eigenvalue weighted by atomic mass is 10.2. The first-order valence-electron chi connectivity index (χ1n) is 6.93. The summed E-state index contributed by atoms with van der Waals surface area (Å²) >= 11 is 0. The van der Waals surface area contributed by atoms with Gasteiger partial charge in [0.05, 0.1) is 6.54 Å². The Balaban J connectivity index is 0.00000242. The standard InChI is InChI=1S/C15H19FN2O3.ClH/c1-17(9-11-5-2-3-6-12(11)16)14(19)10-18-8-4-7-13(18)15(20)21;/h2-3,5-6,13H,4,7-10H2,1H3,(H,20,21);1H. The van der Waals surface area contributed by atoms with Crippen molar-refractivity contribution < 1.29 is 19.1 Å². The molecule has 22 heavy (non-hydrogen) atoms. The first kappa shape index (κ1) is 18.4. The van der Waals surface area contributed by atoms with Crippen molar-refractivity contribution in [3.63, 3.8) is 0 Å². The number of amides is 1. The Labute approximate surface area is 135 Å². The number of carboxylic acids is 1. The highest BCUT2D eigenvalue weighted by atomic mass is 35.5. The maximum atomic E-state index is 13.6. The first-order chi connectivity index (χ1) is 9.99. The summed E-state index contributed by atoms with van der Waals surface area (Å²) in [6.07, 6.45) is 1.35. The number of rotatable bonds is 5. The molecule has 1 heterocycles. The Morgan fingerprint density at radius 2 is 2.09 bits per heavy atom. The second kappa shape index (κ2) is 8.10. The summed E-state index contributed by atoms with van der Waals surface area (Å²) in [5.41, 5.74) is 0.449. The van der Waals surface area contributed by atoms with Gasteiger partial charge in [-0.05, 0) is 25.5 Å². The van der Waals surface area contributed by atoms with E-state index in [1.165, 1.54) is 11.0 Å². The van der Waals surface area contributed by atoms with E-state index in [0.29, 0.717) is 18.5 Å². The molecule has 1 atom stereocenters. The van der Waals surface area contributed by atoms with Gasteiger partial charge in [-0.1, -0.05) is 18.2 Å². The van der Waals surface area contributed by atoms with Gasteiger partial charge in [0, 0.05) is 19.2 Å². The Bertz CT molecular complexity index is 541. The van der Waals surface area contributed by atoms with E-state index in [1.807, 2.05) is 0 Å². The average molecular weight is 331 g/mol. The number of nitrogens with zero attached hydrogens (tertiary/aromatic N) is 2. The maximum Gasteiger partial charge on any atom is 0.320 e. The fraction of sp³-hybridized carbons (Fsp3) is 0.467. The van der Waals surface area contributed by atoms with Crippen LogP contribution < -0.4 is 0 Å². The zero-order chi connectivity index (χ0) is 15.4. The molecular weight excluding hydrogens is 311 g/mol. The lowest BCUT2D eigenvalue weighted by Gasteiger charge is -2.24. The normalized spacial score (nSPS) is 17.8. The molecule has 1 unspecified atom stereocenters. The highest BCUT2D eigenvalue weighted by molar-refractivity contribution is 5.85. The summed E-state index contributed by atoms with van der Waals surface area (Å²) in [6, 6.07) is 5.72. The number of hydrogen-bond donors (Lipinski definition) is 1. The van der Waals surface area contributed by atoms with E-state index in [-0.39, 0.29) is 37.2 Å². The van der Waals surface area contributed by atoms with Gasteiger partial charge in [-0.25, -0.2) is 4.39 Å². The van der Waals surface area contributed by atoms with Crippen molar-refractivity contribution in [3.8, 4) is 0 Å². The van der Waals surface area contributed by atoms with Crippen LogP contribution in [0.2, 0.25) is 0 Å². The number of carbonyl (C=O) groups excluding carboxylic acids is 1. The third-order valence-electron chi connectivity index (χ3n) is 3.78. The van der Waals surface area contributed by atoms with Crippen LogP contribution in [0.25, 0.3) is 0 Å². The molecule has 1 aliphatic heterocycles. The summed E-state index contributed by atoms with van der Waals surface area (Å²) in [5, 5.41) is 9.09. The molecule has 2 rings (SSSR count). The van der Waals surface area contributed by atoms with Crippen molar-refractivity contribution >= 4 is 24.3 Å². The third kappa shape index (κ3) is 4.42. The first-order valence-corrected chi connectivity index (χ1v) is 6.93. The van der Waals surface area contributed by atoms with Crippen molar-refractivity contribution in [2.24, 2.45) is 0 Å².